The highest BCUT2D eigenvalue weighted by Gasteiger charge is 2.63. The van der Waals surface area contributed by atoms with Crippen molar-refractivity contribution in [2.24, 2.45) is 5.92 Å². The maximum atomic E-state index is 14.4. The number of carbonyl (C=O) groups excluding carboxylic acids is 3. The summed E-state index contributed by atoms with van der Waals surface area (Å²) in [6.45, 7) is 4.40. The molecule has 4 N–H and O–H groups in total. The predicted molar refractivity (Wildman–Crippen MR) is 187 cm³/mol. The Morgan fingerprint density at radius 1 is 1.18 bits per heavy atom. The Kier molecular flexibility index (Phi) is 10.7. The second kappa shape index (κ2) is 14.7. The van der Waals surface area contributed by atoms with Crippen molar-refractivity contribution in [1.29, 1.82) is 0 Å². The molecule has 1 aromatic carbocycles. The molecule has 0 spiro atoms. The van der Waals surface area contributed by atoms with E-state index in [1.165, 1.54) is 32.2 Å². The van der Waals surface area contributed by atoms with Crippen molar-refractivity contribution >= 4 is 44.9 Å². The summed E-state index contributed by atoms with van der Waals surface area (Å²) in [5.41, 5.74) is -3.30. The molecule has 4 amide bonds. The van der Waals surface area contributed by atoms with Crippen LogP contribution >= 0.6 is 0 Å². The number of benzene rings is 1. The summed E-state index contributed by atoms with van der Waals surface area (Å²) >= 11 is 0. The molecule has 20 heteroatoms. The van der Waals surface area contributed by atoms with Gasteiger partial charge in [-0.1, -0.05) is 19.1 Å². The number of hydrogen-bond acceptors (Lipinski definition) is 11. The van der Waals surface area contributed by atoms with Gasteiger partial charge in [-0.3, -0.25) is 19.1 Å². The van der Waals surface area contributed by atoms with Gasteiger partial charge in [0.05, 0.1) is 41.6 Å². The number of amides is 4. The predicted octanol–water partition coefficient (Wildman–Crippen LogP) is 3.05. The van der Waals surface area contributed by atoms with Gasteiger partial charge >= 0.3 is 12.3 Å². The van der Waals surface area contributed by atoms with Gasteiger partial charge in [-0.2, -0.15) is 13.2 Å². The first-order valence-electron chi connectivity index (χ1n) is 17.9. The highest BCUT2D eigenvalue weighted by atomic mass is 32.2. The third-order valence-electron chi connectivity index (χ3n) is 10.7. The molecule has 1 saturated heterocycles. The first-order valence-corrected chi connectivity index (χ1v) is 19.4. The maximum absolute atomic E-state index is 14.4. The first-order chi connectivity index (χ1) is 25.8. The van der Waals surface area contributed by atoms with E-state index in [4.69, 9.17) is 14.2 Å². The van der Waals surface area contributed by atoms with Crippen molar-refractivity contribution in [3.8, 4) is 11.6 Å². The number of methoxy groups -OCH3 is 1. The number of aromatic nitrogens is 2. The molecular formula is C35H43F3N6O10S. The fraction of sp³-hybridized carbons (Fsp3) is 0.600. The van der Waals surface area contributed by atoms with Crippen molar-refractivity contribution in [2.45, 2.75) is 113 Å². The monoisotopic (exact) mass is 796 g/mol. The number of carboxylic acid groups (broad SMARTS) is 1. The van der Waals surface area contributed by atoms with Crippen LogP contribution < -0.4 is 24.8 Å². The van der Waals surface area contributed by atoms with Crippen LogP contribution in [0.4, 0.5) is 18.0 Å². The topological polar surface area (TPSA) is 215 Å². The van der Waals surface area contributed by atoms with Crippen LogP contribution in [0.15, 0.2) is 30.4 Å². The molecule has 55 heavy (non-hydrogen) atoms. The lowest BCUT2D eigenvalue weighted by Gasteiger charge is -2.33. The Morgan fingerprint density at radius 3 is 2.55 bits per heavy atom. The molecule has 2 aromatic rings. The van der Waals surface area contributed by atoms with Crippen molar-refractivity contribution in [2.75, 3.05) is 13.7 Å². The minimum absolute atomic E-state index is 0.00239. The molecule has 4 aliphatic rings. The molecule has 3 fully saturated rings. The molecule has 1 aromatic heterocycles. The lowest BCUT2D eigenvalue weighted by atomic mass is 10.0. The summed E-state index contributed by atoms with van der Waals surface area (Å²) in [5, 5.41) is 14.6. The zero-order chi connectivity index (χ0) is 40.1. The number of carbonyl (C=O) groups is 4. The van der Waals surface area contributed by atoms with E-state index < -0.39 is 111 Å². The van der Waals surface area contributed by atoms with Crippen LogP contribution in [0.25, 0.3) is 11.0 Å². The third kappa shape index (κ3) is 8.15. The summed E-state index contributed by atoms with van der Waals surface area (Å²) in [5.74, 6) is -4.12. The average Bonchev–Trinajstić information content (AvgIpc) is 4.00. The van der Waals surface area contributed by atoms with Gasteiger partial charge in [0.2, 0.25) is 33.4 Å². The lowest BCUT2D eigenvalue weighted by molar-refractivity contribution is -0.145. The molecular weight excluding hydrogens is 753 g/mol. The lowest BCUT2D eigenvalue weighted by Crippen LogP contribution is -2.60. The van der Waals surface area contributed by atoms with Gasteiger partial charge in [0, 0.05) is 18.4 Å². The van der Waals surface area contributed by atoms with Gasteiger partial charge < -0.3 is 34.9 Å². The molecule has 0 unspecified atom stereocenters. The Morgan fingerprint density at radius 2 is 1.91 bits per heavy atom. The van der Waals surface area contributed by atoms with Crippen LogP contribution in [0.3, 0.4) is 0 Å². The Hall–Kier alpha value is -4.72. The summed E-state index contributed by atoms with van der Waals surface area (Å²) in [4.78, 5) is 63.3. The standard InChI is InChI=1S/C35H43F3N6O10S/c1-5-25-26(41-32(48)49)30(46)44-17-21(54-29-27(35(36,37)38)39-22-11-10-20(52-4)14-23(22)40-29)15-24(44)28(45)42-34(16-19(34)9-7-6-8-18(2)53-25)31(47)43-55(50,51)33(3)12-13-33/h7,9-11,14,18-19,21,24-26,41H,5-6,8,12-13,15-17H2,1-4H3,(H,42,45)(H,43,47)(H,48,49)/t18-,19-,21-,24+,25+,26+,34-/m1/s1. The number of allylic oxidation sites excluding steroid dienone is 1. The number of nitrogens with zero attached hydrogens (tertiary/aromatic N) is 3. The van der Waals surface area contributed by atoms with E-state index in [0.717, 1.165) is 4.90 Å². The Balaban J connectivity index is 1.38. The molecule has 6 rings (SSSR count). The molecule has 2 aliphatic carbocycles. The van der Waals surface area contributed by atoms with Crippen LogP contribution in [-0.4, -0.2) is 107 Å². The molecule has 0 bridgehead atoms. The number of hydrogen-bond donors (Lipinski definition) is 4. The number of rotatable bonds is 8. The highest BCUT2D eigenvalue weighted by Crippen LogP contribution is 2.47. The van der Waals surface area contributed by atoms with E-state index in [1.54, 1.807) is 26.0 Å². The van der Waals surface area contributed by atoms with Crippen LogP contribution in [-0.2, 0) is 35.3 Å². The summed E-state index contributed by atoms with van der Waals surface area (Å²) in [6.07, 6.45) is -4.66. The van der Waals surface area contributed by atoms with Gasteiger partial charge in [-0.15, -0.1) is 0 Å². The number of nitrogens with one attached hydrogen (secondary N) is 3. The maximum Gasteiger partial charge on any atom is 0.438 e. The molecule has 16 nitrogen and oxygen atoms in total. The number of ether oxygens (including phenoxy) is 3. The van der Waals surface area contributed by atoms with E-state index >= 15 is 0 Å². The summed E-state index contributed by atoms with van der Waals surface area (Å²) < 4.78 is 87.3. The van der Waals surface area contributed by atoms with E-state index in [-0.39, 0.29) is 29.6 Å². The van der Waals surface area contributed by atoms with E-state index in [0.29, 0.717) is 25.7 Å². The zero-order valence-corrected chi connectivity index (χ0v) is 31.3. The molecule has 0 radical (unpaired) electrons. The molecule has 2 saturated carbocycles. The summed E-state index contributed by atoms with van der Waals surface area (Å²) in [6, 6.07) is 0.975. The van der Waals surface area contributed by atoms with Crippen molar-refractivity contribution in [3.05, 3.63) is 36.0 Å². The van der Waals surface area contributed by atoms with Gasteiger partial charge in [-0.25, -0.2) is 23.2 Å². The second-order valence-corrected chi connectivity index (χ2v) is 16.9. The molecule has 7 atom stereocenters. The number of sulfonamides is 1. The fourth-order valence-electron chi connectivity index (χ4n) is 7.00. The molecule has 300 valence electrons. The average molecular weight is 797 g/mol. The Bertz CT molecular complexity index is 2010. The largest absolute Gasteiger partial charge is 0.497 e. The minimum Gasteiger partial charge on any atom is -0.497 e. The smallest absolute Gasteiger partial charge is 0.438 e. The first kappa shape index (κ1) is 40.0. The van der Waals surface area contributed by atoms with Crippen molar-refractivity contribution < 1.29 is 60.1 Å². The molecule has 3 heterocycles. The minimum atomic E-state index is -5.03. The van der Waals surface area contributed by atoms with Gasteiger partial charge in [0.15, 0.2) is 0 Å². The highest BCUT2D eigenvalue weighted by molar-refractivity contribution is 7.91. The van der Waals surface area contributed by atoms with Gasteiger partial charge in [0.25, 0.3) is 5.91 Å². The SMILES string of the molecule is CC[C@@H]1O[C@H](C)CCC=C[C@@H]2C[C@@]2(C(=O)NS(=O)(=O)C2(C)CC2)NC(=O)[C@@H]2C[C@@H](Oc3nc4cc(OC)ccc4nc3C(F)(F)F)CN2C(=O)[C@H]1NC(=O)O. The van der Waals surface area contributed by atoms with E-state index in [9.17, 15) is 45.9 Å². The van der Waals surface area contributed by atoms with Crippen LogP contribution in [0.5, 0.6) is 11.6 Å². The second-order valence-electron chi connectivity index (χ2n) is 14.7. The van der Waals surface area contributed by atoms with Gasteiger partial charge in [0.1, 0.15) is 29.5 Å². The van der Waals surface area contributed by atoms with Crippen LogP contribution in [0.2, 0.25) is 0 Å². The van der Waals surface area contributed by atoms with E-state index in [2.05, 4.69) is 25.3 Å². The fourth-order valence-corrected chi connectivity index (χ4v) is 8.32. The Labute approximate surface area is 314 Å². The third-order valence-corrected chi connectivity index (χ3v) is 12.8. The number of alkyl halides is 3. The quantitative estimate of drug-likeness (QED) is 0.284. The van der Waals surface area contributed by atoms with Crippen molar-refractivity contribution in [3.63, 3.8) is 0 Å². The summed E-state index contributed by atoms with van der Waals surface area (Å²) in [7, 11) is -2.76. The zero-order valence-electron chi connectivity index (χ0n) is 30.5. The van der Waals surface area contributed by atoms with Crippen LogP contribution in [0.1, 0.15) is 71.4 Å². The number of halogens is 3. The normalized spacial score (nSPS) is 29.5. The van der Waals surface area contributed by atoms with Gasteiger partial charge in [-0.05, 0) is 64.5 Å². The van der Waals surface area contributed by atoms with Crippen LogP contribution in [0, 0.1) is 5.92 Å². The molecule has 2 aliphatic heterocycles. The number of fused-ring (bicyclic) bond motifs is 3. The van der Waals surface area contributed by atoms with Crippen molar-refractivity contribution in [1.82, 2.24) is 30.2 Å². The van der Waals surface area contributed by atoms with E-state index in [1.807, 2.05) is 0 Å².